The second-order valence-electron chi connectivity index (χ2n) is 5.04. The van der Waals surface area contributed by atoms with Crippen molar-refractivity contribution in [2.45, 2.75) is 6.92 Å². The summed E-state index contributed by atoms with van der Waals surface area (Å²) in [5.41, 5.74) is 6.42. The summed E-state index contributed by atoms with van der Waals surface area (Å²) in [4.78, 5) is 33.9. The summed E-state index contributed by atoms with van der Waals surface area (Å²) >= 11 is 0. The number of aromatic hydroxyl groups is 2. The predicted molar refractivity (Wildman–Crippen MR) is 82.3 cm³/mol. The normalized spacial score (nSPS) is 11.8. The zero-order chi connectivity index (χ0) is 18.0. The van der Waals surface area contributed by atoms with E-state index in [-0.39, 0.29) is 39.5 Å². The topological polar surface area (TPSA) is 150 Å². The standard InChI is InChI=1S/C15H10O4.CH4N2O2/c1-7-5-9-13(11(17)6-7)15(19)12-8(14(9)18)3-2-4-10(12)16;2-1(4)3-5/h2-6,16-17H,1H3;5H,(H3,2,3,4). The summed E-state index contributed by atoms with van der Waals surface area (Å²) in [7, 11) is 0. The van der Waals surface area contributed by atoms with Crippen LogP contribution in [0.1, 0.15) is 37.4 Å². The molecule has 124 valence electrons. The quantitative estimate of drug-likeness (QED) is 0.309. The van der Waals surface area contributed by atoms with Gasteiger partial charge in [0.2, 0.25) is 5.78 Å². The summed E-state index contributed by atoms with van der Waals surface area (Å²) in [5, 5.41) is 27.1. The molecule has 0 unspecified atom stereocenters. The lowest BCUT2D eigenvalue weighted by molar-refractivity contribution is 0.0974. The number of nitrogens with one attached hydrogen (secondary N) is 1. The van der Waals surface area contributed by atoms with Crippen LogP contribution in [0.15, 0.2) is 30.3 Å². The number of amides is 2. The van der Waals surface area contributed by atoms with Crippen molar-refractivity contribution in [2.24, 2.45) is 5.73 Å². The number of primary amides is 1. The molecule has 8 nitrogen and oxygen atoms in total. The molecule has 0 saturated carbocycles. The minimum absolute atomic E-state index is 0.0374. The molecule has 24 heavy (non-hydrogen) atoms. The number of hydrogen-bond donors (Lipinski definition) is 5. The first-order chi connectivity index (χ1) is 11.3. The van der Waals surface area contributed by atoms with Crippen molar-refractivity contribution in [1.82, 2.24) is 5.48 Å². The number of fused-ring (bicyclic) bond motifs is 2. The number of carbonyl (C=O) groups is 3. The number of nitrogens with two attached hydrogens (primary N) is 1. The van der Waals surface area contributed by atoms with Crippen LogP contribution in [-0.4, -0.2) is 33.0 Å². The summed E-state index contributed by atoms with van der Waals surface area (Å²) < 4.78 is 0. The third kappa shape index (κ3) is 2.90. The van der Waals surface area contributed by atoms with Crippen molar-refractivity contribution in [3.8, 4) is 11.5 Å². The summed E-state index contributed by atoms with van der Waals surface area (Å²) in [6.07, 6.45) is 0. The first-order valence-corrected chi connectivity index (χ1v) is 6.72. The molecule has 6 N–H and O–H groups in total. The van der Waals surface area contributed by atoms with E-state index in [0.717, 1.165) is 0 Å². The first-order valence-electron chi connectivity index (χ1n) is 6.72. The highest BCUT2D eigenvalue weighted by atomic mass is 16.5. The SMILES string of the molecule is Cc1cc(O)c2c(c1)C(=O)c1cccc(O)c1C2=O.NC(=O)NO. The summed E-state index contributed by atoms with van der Waals surface area (Å²) in [6, 6.07) is 6.42. The van der Waals surface area contributed by atoms with E-state index in [0.29, 0.717) is 5.56 Å². The lowest BCUT2D eigenvalue weighted by Gasteiger charge is -2.19. The molecule has 0 heterocycles. The second kappa shape index (κ2) is 6.39. The van der Waals surface area contributed by atoms with Crippen LogP contribution in [0.4, 0.5) is 4.79 Å². The van der Waals surface area contributed by atoms with Gasteiger partial charge in [0, 0.05) is 11.1 Å². The molecule has 0 aromatic heterocycles. The minimum Gasteiger partial charge on any atom is -0.507 e. The Labute approximate surface area is 136 Å². The van der Waals surface area contributed by atoms with E-state index in [1.165, 1.54) is 29.7 Å². The number of ketones is 2. The molecule has 0 atom stereocenters. The van der Waals surface area contributed by atoms with Crippen LogP contribution >= 0.6 is 0 Å². The fourth-order valence-electron chi connectivity index (χ4n) is 2.42. The van der Waals surface area contributed by atoms with Crippen molar-refractivity contribution in [3.63, 3.8) is 0 Å². The van der Waals surface area contributed by atoms with E-state index in [1.807, 2.05) is 0 Å². The van der Waals surface area contributed by atoms with Crippen LogP contribution in [-0.2, 0) is 0 Å². The Hall–Kier alpha value is -3.39. The molecule has 0 radical (unpaired) electrons. The Morgan fingerprint density at radius 1 is 1.00 bits per heavy atom. The highest BCUT2D eigenvalue weighted by Crippen LogP contribution is 2.36. The molecular formula is C16H14N2O6. The number of phenols is 2. The van der Waals surface area contributed by atoms with E-state index < -0.39 is 11.8 Å². The maximum Gasteiger partial charge on any atom is 0.335 e. The molecule has 0 spiro atoms. The zero-order valence-electron chi connectivity index (χ0n) is 12.5. The lowest BCUT2D eigenvalue weighted by Crippen LogP contribution is -2.25. The number of benzene rings is 2. The first kappa shape index (κ1) is 17.0. The molecule has 3 rings (SSSR count). The van der Waals surface area contributed by atoms with Crippen LogP contribution in [0.3, 0.4) is 0 Å². The molecule has 2 amide bonds. The molecule has 2 aromatic rings. The number of carbonyl (C=O) groups excluding carboxylic acids is 3. The zero-order valence-corrected chi connectivity index (χ0v) is 12.5. The van der Waals surface area contributed by atoms with Gasteiger partial charge in [-0.1, -0.05) is 12.1 Å². The second-order valence-corrected chi connectivity index (χ2v) is 5.04. The van der Waals surface area contributed by atoms with Crippen LogP contribution in [0.2, 0.25) is 0 Å². The molecule has 0 bridgehead atoms. The average molecular weight is 330 g/mol. The fourth-order valence-corrected chi connectivity index (χ4v) is 2.42. The van der Waals surface area contributed by atoms with Gasteiger partial charge in [-0.25, -0.2) is 10.3 Å². The molecular weight excluding hydrogens is 316 g/mol. The van der Waals surface area contributed by atoms with Crippen molar-refractivity contribution in [2.75, 3.05) is 0 Å². The Morgan fingerprint density at radius 3 is 2.17 bits per heavy atom. The smallest absolute Gasteiger partial charge is 0.335 e. The van der Waals surface area contributed by atoms with Crippen molar-refractivity contribution in [3.05, 3.63) is 58.1 Å². The van der Waals surface area contributed by atoms with Gasteiger partial charge in [0.25, 0.3) is 0 Å². The molecule has 8 heteroatoms. The van der Waals surface area contributed by atoms with E-state index in [2.05, 4.69) is 5.73 Å². The van der Waals surface area contributed by atoms with Gasteiger partial charge in [0.05, 0.1) is 11.1 Å². The highest BCUT2D eigenvalue weighted by molar-refractivity contribution is 6.30. The van der Waals surface area contributed by atoms with Gasteiger partial charge < -0.3 is 15.9 Å². The van der Waals surface area contributed by atoms with Crippen molar-refractivity contribution in [1.29, 1.82) is 0 Å². The van der Waals surface area contributed by atoms with Crippen molar-refractivity contribution >= 4 is 17.6 Å². The number of aryl methyl sites for hydroxylation is 1. The van der Waals surface area contributed by atoms with Crippen LogP contribution in [0.5, 0.6) is 11.5 Å². The molecule has 1 aliphatic rings. The van der Waals surface area contributed by atoms with E-state index in [9.17, 15) is 24.6 Å². The Kier molecular flexibility index (Phi) is 4.52. The van der Waals surface area contributed by atoms with E-state index in [4.69, 9.17) is 5.21 Å². The lowest BCUT2D eigenvalue weighted by atomic mass is 9.82. The molecule has 0 aliphatic heterocycles. The van der Waals surface area contributed by atoms with Gasteiger partial charge >= 0.3 is 6.03 Å². The largest absolute Gasteiger partial charge is 0.507 e. The Balaban J connectivity index is 0.000000368. The van der Waals surface area contributed by atoms with Gasteiger partial charge in [-0.3, -0.25) is 14.8 Å². The maximum absolute atomic E-state index is 12.3. The average Bonchev–Trinajstić information content (AvgIpc) is 2.52. The van der Waals surface area contributed by atoms with Gasteiger partial charge in [-0.15, -0.1) is 0 Å². The minimum atomic E-state index is -0.940. The fraction of sp³-hybridized carbons (Fsp3) is 0.0625. The number of rotatable bonds is 0. The molecule has 2 aromatic carbocycles. The van der Waals surface area contributed by atoms with Crippen molar-refractivity contribution < 1.29 is 29.8 Å². The molecule has 1 aliphatic carbocycles. The third-order valence-corrected chi connectivity index (χ3v) is 3.36. The van der Waals surface area contributed by atoms with E-state index >= 15 is 0 Å². The van der Waals surface area contributed by atoms with Crippen LogP contribution in [0.25, 0.3) is 0 Å². The number of hydrogen-bond acceptors (Lipinski definition) is 6. The van der Waals surface area contributed by atoms with Gasteiger partial charge in [0.1, 0.15) is 11.5 Å². The van der Waals surface area contributed by atoms with Gasteiger partial charge in [-0.05, 0) is 30.7 Å². The molecule has 0 fully saturated rings. The Morgan fingerprint density at radius 2 is 1.58 bits per heavy atom. The van der Waals surface area contributed by atoms with E-state index in [1.54, 1.807) is 13.0 Å². The summed E-state index contributed by atoms with van der Waals surface area (Å²) in [5.74, 6) is -1.37. The predicted octanol–water partition coefficient (Wildman–Crippen LogP) is 1.23. The van der Waals surface area contributed by atoms with Crippen LogP contribution in [0, 0.1) is 6.92 Å². The third-order valence-electron chi connectivity index (χ3n) is 3.36. The number of phenolic OH excluding ortho intramolecular Hbond substituents is 2. The molecule has 0 saturated heterocycles. The van der Waals surface area contributed by atoms with Gasteiger partial charge in [0.15, 0.2) is 5.78 Å². The van der Waals surface area contributed by atoms with Gasteiger partial charge in [-0.2, -0.15) is 0 Å². The Bertz CT molecular complexity index is 860. The maximum atomic E-state index is 12.3. The number of hydroxylamine groups is 1. The highest BCUT2D eigenvalue weighted by Gasteiger charge is 2.34. The van der Waals surface area contributed by atoms with Crippen LogP contribution < -0.4 is 11.2 Å². The monoisotopic (exact) mass is 330 g/mol. The summed E-state index contributed by atoms with van der Waals surface area (Å²) in [6.45, 7) is 1.73. The number of urea groups is 1.